The number of carbonyl (C=O) groups is 2. The summed E-state index contributed by atoms with van der Waals surface area (Å²) in [5, 5.41) is 7.29. The lowest BCUT2D eigenvalue weighted by atomic mass is 10.1. The van der Waals surface area contributed by atoms with E-state index in [4.69, 9.17) is 11.6 Å². The van der Waals surface area contributed by atoms with Crippen LogP contribution in [0.3, 0.4) is 0 Å². The minimum atomic E-state index is -0.615. The molecule has 4 aromatic rings. The number of nitrogens with zero attached hydrogens (tertiary/aromatic N) is 3. The number of hydrogen-bond donors (Lipinski definition) is 3. The zero-order valence-electron chi connectivity index (χ0n) is 15.9. The Kier molecular flexibility index (Phi) is 5.32. The lowest BCUT2D eigenvalue weighted by molar-refractivity contribution is 0.0939. The molecule has 0 bridgehead atoms. The molecule has 0 saturated heterocycles. The van der Waals surface area contributed by atoms with Crippen LogP contribution >= 0.6 is 11.6 Å². The fraction of sp³-hybridized carbons (Fsp3) is 0.0476. The second-order valence-corrected chi connectivity index (χ2v) is 6.92. The van der Waals surface area contributed by atoms with Crippen molar-refractivity contribution in [1.29, 1.82) is 0 Å². The molecule has 2 aromatic heterocycles. The summed E-state index contributed by atoms with van der Waals surface area (Å²) in [6.45, 7) is 1.88. The highest BCUT2D eigenvalue weighted by molar-refractivity contribution is 6.30. The first-order chi connectivity index (χ1) is 14.5. The number of amides is 3. The van der Waals surface area contributed by atoms with E-state index >= 15 is 0 Å². The molecule has 0 spiro atoms. The Morgan fingerprint density at radius 1 is 1.00 bits per heavy atom. The standard InChI is InChI=1S/C21H17ClN6O2/c1-13-10-18(14-6-3-2-4-7-14)25-19-17(12-23-28(13)19)20(29)26-27-21(30)24-16-9-5-8-15(22)11-16/h2-12H,1H3,(H,26,29)(H2,24,27,30). The van der Waals surface area contributed by atoms with Gasteiger partial charge in [-0.05, 0) is 31.2 Å². The molecule has 0 unspecified atom stereocenters. The number of nitrogens with one attached hydrogen (secondary N) is 3. The third kappa shape index (κ3) is 4.08. The van der Waals surface area contributed by atoms with Gasteiger partial charge in [0.15, 0.2) is 5.65 Å². The van der Waals surface area contributed by atoms with Crippen molar-refractivity contribution in [1.82, 2.24) is 25.4 Å². The molecule has 0 aliphatic carbocycles. The van der Waals surface area contributed by atoms with Gasteiger partial charge in [-0.15, -0.1) is 0 Å². The maximum atomic E-state index is 12.6. The molecule has 3 amide bonds. The molecule has 0 fully saturated rings. The van der Waals surface area contributed by atoms with Gasteiger partial charge in [-0.1, -0.05) is 48.0 Å². The van der Waals surface area contributed by atoms with E-state index in [9.17, 15) is 9.59 Å². The number of aryl methyl sites for hydroxylation is 1. The topological polar surface area (TPSA) is 100 Å². The van der Waals surface area contributed by atoms with Gasteiger partial charge in [-0.2, -0.15) is 5.10 Å². The van der Waals surface area contributed by atoms with E-state index in [2.05, 4.69) is 26.3 Å². The molecule has 30 heavy (non-hydrogen) atoms. The van der Waals surface area contributed by atoms with Gasteiger partial charge < -0.3 is 5.32 Å². The van der Waals surface area contributed by atoms with E-state index in [1.165, 1.54) is 6.20 Å². The van der Waals surface area contributed by atoms with Crippen LogP contribution in [0.5, 0.6) is 0 Å². The zero-order chi connectivity index (χ0) is 21.1. The zero-order valence-corrected chi connectivity index (χ0v) is 16.6. The molecule has 3 N–H and O–H groups in total. The number of anilines is 1. The summed E-state index contributed by atoms with van der Waals surface area (Å²) in [5.41, 5.74) is 8.27. The summed E-state index contributed by atoms with van der Waals surface area (Å²) in [6.07, 6.45) is 1.41. The molecule has 2 heterocycles. The number of rotatable bonds is 3. The fourth-order valence-electron chi connectivity index (χ4n) is 2.94. The number of carbonyl (C=O) groups excluding carboxylic acids is 2. The second-order valence-electron chi connectivity index (χ2n) is 6.49. The number of benzene rings is 2. The molecular formula is C21H17ClN6O2. The van der Waals surface area contributed by atoms with Gasteiger partial charge in [-0.25, -0.2) is 19.7 Å². The number of halogens is 1. The highest BCUT2D eigenvalue weighted by Gasteiger charge is 2.17. The summed E-state index contributed by atoms with van der Waals surface area (Å²) in [5.74, 6) is -0.539. The van der Waals surface area contributed by atoms with Crippen molar-refractivity contribution in [3.8, 4) is 11.3 Å². The predicted octanol–water partition coefficient (Wildman–Crippen LogP) is 3.82. The number of hydrazine groups is 1. The van der Waals surface area contributed by atoms with E-state index in [-0.39, 0.29) is 5.56 Å². The average molecular weight is 421 g/mol. The minimum Gasteiger partial charge on any atom is -0.307 e. The van der Waals surface area contributed by atoms with E-state index in [1.54, 1.807) is 28.8 Å². The molecule has 0 aliphatic rings. The molecule has 150 valence electrons. The Bertz CT molecular complexity index is 1240. The van der Waals surface area contributed by atoms with E-state index < -0.39 is 11.9 Å². The van der Waals surface area contributed by atoms with Crippen molar-refractivity contribution >= 4 is 34.9 Å². The van der Waals surface area contributed by atoms with Gasteiger partial charge in [0, 0.05) is 22.0 Å². The number of urea groups is 1. The number of fused-ring (bicyclic) bond motifs is 1. The molecule has 0 aliphatic heterocycles. The third-order valence-corrected chi connectivity index (χ3v) is 4.57. The monoisotopic (exact) mass is 420 g/mol. The van der Waals surface area contributed by atoms with Crippen molar-refractivity contribution < 1.29 is 9.59 Å². The van der Waals surface area contributed by atoms with Crippen LogP contribution in [-0.2, 0) is 0 Å². The normalized spacial score (nSPS) is 10.6. The van der Waals surface area contributed by atoms with Gasteiger partial charge in [0.25, 0.3) is 5.91 Å². The van der Waals surface area contributed by atoms with Gasteiger partial charge in [0.2, 0.25) is 0 Å². The fourth-order valence-corrected chi connectivity index (χ4v) is 3.13. The van der Waals surface area contributed by atoms with Gasteiger partial charge in [0.05, 0.1) is 11.9 Å². The maximum absolute atomic E-state index is 12.6. The first-order valence-corrected chi connectivity index (χ1v) is 9.43. The van der Waals surface area contributed by atoms with E-state index in [0.29, 0.717) is 16.4 Å². The number of aromatic nitrogens is 3. The van der Waals surface area contributed by atoms with Crippen LogP contribution in [0.2, 0.25) is 5.02 Å². The van der Waals surface area contributed by atoms with Crippen LogP contribution in [0, 0.1) is 6.92 Å². The van der Waals surface area contributed by atoms with Gasteiger partial charge in [0.1, 0.15) is 5.56 Å². The third-order valence-electron chi connectivity index (χ3n) is 4.34. The molecule has 4 rings (SSSR count). The van der Waals surface area contributed by atoms with Gasteiger partial charge >= 0.3 is 6.03 Å². The summed E-state index contributed by atoms with van der Waals surface area (Å²) < 4.78 is 1.58. The van der Waals surface area contributed by atoms with Crippen molar-refractivity contribution in [3.63, 3.8) is 0 Å². The molecule has 9 heteroatoms. The predicted molar refractivity (Wildman–Crippen MR) is 114 cm³/mol. The van der Waals surface area contributed by atoms with E-state index in [1.807, 2.05) is 43.3 Å². The molecule has 0 saturated carbocycles. The van der Waals surface area contributed by atoms with E-state index in [0.717, 1.165) is 17.0 Å². The average Bonchev–Trinajstić information content (AvgIpc) is 3.17. The quantitative estimate of drug-likeness (QED) is 0.438. The summed E-state index contributed by atoms with van der Waals surface area (Å²) >= 11 is 5.89. The molecule has 2 aromatic carbocycles. The van der Waals surface area contributed by atoms with Crippen LogP contribution in [-0.4, -0.2) is 26.5 Å². The summed E-state index contributed by atoms with van der Waals surface area (Å²) in [7, 11) is 0. The Balaban J connectivity index is 1.52. The lowest BCUT2D eigenvalue weighted by Gasteiger charge is -2.09. The number of hydrogen-bond acceptors (Lipinski definition) is 4. The molecular weight excluding hydrogens is 404 g/mol. The van der Waals surface area contributed by atoms with Crippen LogP contribution < -0.4 is 16.2 Å². The Morgan fingerprint density at radius 3 is 2.57 bits per heavy atom. The first-order valence-electron chi connectivity index (χ1n) is 9.05. The Hall–Kier alpha value is -3.91. The molecule has 0 atom stereocenters. The van der Waals surface area contributed by atoms with Crippen LogP contribution in [0.4, 0.5) is 10.5 Å². The SMILES string of the molecule is Cc1cc(-c2ccccc2)nc2c(C(=O)NNC(=O)Nc3cccc(Cl)c3)cnn12. The van der Waals surface area contributed by atoms with Crippen molar-refractivity contribution in [3.05, 3.63) is 83.1 Å². The molecule has 0 radical (unpaired) electrons. The molecule has 8 nitrogen and oxygen atoms in total. The minimum absolute atomic E-state index is 0.235. The van der Waals surface area contributed by atoms with Crippen molar-refractivity contribution in [2.75, 3.05) is 5.32 Å². The first kappa shape index (κ1) is 19.4. The second kappa shape index (κ2) is 8.22. The van der Waals surface area contributed by atoms with Crippen LogP contribution in [0.1, 0.15) is 16.1 Å². The highest BCUT2D eigenvalue weighted by atomic mass is 35.5. The highest BCUT2D eigenvalue weighted by Crippen LogP contribution is 2.21. The van der Waals surface area contributed by atoms with Crippen molar-refractivity contribution in [2.24, 2.45) is 0 Å². The Morgan fingerprint density at radius 2 is 1.80 bits per heavy atom. The summed E-state index contributed by atoms with van der Waals surface area (Å²) in [4.78, 5) is 29.2. The largest absolute Gasteiger partial charge is 0.337 e. The van der Waals surface area contributed by atoms with Crippen molar-refractivity contribution in [2.45, 2.75) is 6.92 Å². The smallest absolute Gasteiger partial charge is 0.307 e. The van der Waals surface area contributed by atoms with Gasteiger partial charge in [-0.3, -0.25) is 10.2 Å². The Labute approximate surface area is 176 Å². The van der Waals surface area contributed by atoms with Crippen LogP contribution in [0.15, 0.2) is 66.9 Å². The lowest BCUT2D eigenvalue weighted by Crippen LogP contribution is -2.43. The maximum Gasteiger partial charge on any atom is 0.337 e. The summed E-state index contributed by atoms with van der Waals surface area (Å²) in [6, 6.07) is 17.6. The van der Waals surface area contributed by atoms with Crippen LogP contribution in [0.25, 0.3) is 16.9 Å².